The van der Waals surface area contributed by atoms with Crippen LogP contribution in [-0.4, -0.2) is 15.8 Å². The molecule has 1 saturated carbocycles. The van der Waals surface area contributed by atoms with Crippen molar-refractivity contribution in [1.29, 1.82) is 0 Å². The van der Waals surface area contributed by atoms with Crippen molar-refractivity contribution < 1.29 is 0 Å². The summed E-state index contributed by atoms with van der Waals surface area (Å²) >= 11 is 0. The van der Waals surface area contributed by atoms with Gasteiger partial charge in [-0.2, -0.15) is 5.10 Å². The van der Waals surface area contributed by atoms with Crippen LogP contribution in [0.3, 0.4) is 0 Å². The van der Waals surface area contributed by atoms with Gasteiger partial charge in [-0.3, -0.25) is 4.68 Å². The first kappa shape index (κ1) is 15.4. The standard InChI is InChI=1S/C17H31N3/c1-13(2)20-12-16(11-18-20)19-15-8-6-7-14(9-10-15)17(3,4)5/h11-15,19H,6-10H2,1-5H3. The Labute approximate surface area is 124 Å². The normalized spacial score (nSPS) is 24.7. The van der Waals surface area contributed by atoms with Gasteiger partial charge < -0.3 is 5.32 Å². The van der Waals surface area contributed by atoms with Gasteiger partial charge in [-0.05, 0) is 50.9 Å². The summed E-state index contributed by atoms with van der Waals surface area (Å²) in [4.78, 5) is 0. The molecule has 1 aromatic rings. The van der Waals surface area contributed by atoms with E-state index in [0.717, 1.165) is 5.92 Å². The van der Waals surface area contributed by atoms with Gasteiger partial charge in [0.15, 0.2) is 0 Å². The second-order valence-electron chi connectivity index (χ2n) is 7.72. The molecule has 114 valence electrons. The first-order chi connectivity index (χ1) is 9.36. The average molecular weight is 277 g/mol. The molecule has 20 heavy (non-hydrogen) atoms. The number of nitrogens with one attached hydrogen (secondary N) is 1. The Bertz CT molecular complexity index is 414. The van der Waals surface area contributed by atoms with Gasteiger partial charge in [-0.15, -0.1) is 0 Å². The summed E-state index contributed by atoms with van der Waals surface area (Å²) in [5.74, 6) is 0.868. The smallest absolute Gasteiger partial charge is 0.0728 e. The van der Waals surface area contributed by atoms with Gasteiger partial charge >= 0.3 is 0 Å². The third-order valence-corrected chi connectivity index (χ3v) is 4.69. The van der Waals surface area contributed by atoms with Crippen molar-refractivity contribution in [2.45, 2.75) is 78.8 Å². The fourth-order valence-corrected chi connectivity index (χ4v) is 3.24. The van der Waals surface area contributed by atoms with Crippen molar-refractivity contribution in [1.82, 2.24) is 9.78 Å². The maximum atomic E-state index is 4.41. The molecule has 3 nitrogen and oxygen atoms in total. The Morgan fingerprint density at radius 3 is 2.55 bits per heavy atom. The lowest BCUT2D eigenvalue weighted by atomic mass is 9.76. The Morgan fingerprint density at radius 1 is 1.20 bits per heavy atom. The van der Waals surface area contributed by atoms with E-state index in [-0.39, 0.29) is 0 Å². The van der Waals surface area contributed by atoms with E-state index >= 15 is 0 Å². The molecule has 0 amide bonds. The summed E-state index contributed by atoms with van der Waals surface area (Å²) in [7, 11) is 0. The fraction of sp³-hybridized carbons (Fsp3) is 0.824. The van der Waals surface area contributed by atoms with Gasteiger partial charge in [-0.25, -0.2) is 0 Å². The molecule has 1 aliphatic rings. The lowest BCUT2D eigenvalue weighted by Crippen LogP contribution is -2.21. The number of rotatable bonds is 3. The minimum absolute atomic E-state index is 0.435. The monoisotopic (exact) mass is 277 g/mol. The topological polar surface area (TPSA) is 29.9 Å². The first-order valence-corrected chi connectivity index (χ1v) is 8.17. The highest BCUT2D eigenvalue weighted by Crippen LogP contribution is 2.37. The zero-order valence-corrected chi connectivity index (χ0v) is 13.8. The molecule has 1 aromatic heterocycles. The van der Waals surface area contributed by atoms with Gasteiger partial charge in [0.05, 0.1) is 11.9 Å². The zero-order valence-electron chi connectivity index (χ0n) is 13.8. The summed E-state index contributed by atoms with van der Waals surface area (Å²) in [6.45, 7) is 11.5. The van der Waals surface area contributed by atoms with Crippen LogP contribution in [0.1, 0.15) is 72.8 Å². The fourth-order valence-electron chi connectivity index (χ4n) is 3.24. The maximum absolute atomic E-state index is 4.41. The Morgan fingerprint density at radius 2 is 1.95 bits per heavy atom. The summed E-state index contributed by atoms with van der Waals surface area (Å²) in [5, 5.41) is 8.10. The van der Waals surface area contributed by atoms with Crippen molar-refractivity contribution >= 4 is 5.69 Å². The van der Waals surface area contributed by atoms with Crippen LogP contribution in [0.5, 0.6) is 0 Å². The van der Waals surface area contributed by atoms with Crippen molar-refractivity contribution in [3.8, 4) is 0 Å². The summed E-state index contributed by atoms with van der Waals surface area (Å²) in [6, 6.07) is 1.05. The Kier molecular flexibility index (Phi) is 4.77. The van der Waals surface area contributed by atoms with Crippen molar-refractivity contribution in [2.75, 3.05) is 5.32 Å². The Hall–Kier alpha value is -0.990. The molecule has 2 unspecified atom stereocenters. The van der Waals surface area contributed by atoms with E-state index in [2.05, 4.69) is 51.2 Å². The molecule has 1 fully saturated rings. The SMILES string of the molecule is CC(C)n1cc(NC2CCCC(C(C)(C)C)CC2)cn1. The van der Waals surface area contributed by atoms with Crippen LogP contribution in [0.25, 0.3) is 0 Å². The average Bonchev–Trinajstić information content (AvgIpc) is 2.66. The van der Waals surface area contributed by atoms with Gasteiger partial charge in [-0.1, -0.05) is 27.2 Å². The quantitative estimate of drug-likeness (QED) is 0.799. The molecule has 0 aromatic carbocycles. The molecule has 3 heteroatoms. The molecule has 0 bridgehead atoms. The minimum Gasteiger partial charge on any atom is -0.380 e. The van der Waals surface area contributed by atoms with Crippen LogP contribution in [-0.2, 0) is 0 Å². The molecule has 0 saturated heterocycles. The van der Waals surface area contributed by atoms with E-state index in [9.17, 15) is 0 Å². The molecule has 0 aliphatic heterocycles. The van der Waals surface area contributed by atoms with E-state index in [4.69, 9.17) is 0 Å². The molecule has 1 N–H and O–H groups in total. The molecule has 1 heterocycles. The second kappa shape index (κ2) is 6.19. The third kappa shape index (κ3) is 4.00. The Balaban J connectivity index is 1.90. The summed E-state index contributed by atoms with van der Waals surface area (Å²) < 4.78 is 2.02. The van der Waals surface area contributed by atoms with Crippen LogP contribution < -0.4 is 5.32 Å². The molecule has 0 spiro atoms. The second-order valence-corrected chi connectivity index (χ2v) is 7.72. The van der Waals surface area contributed by atoms with Crippen LogP contribution >= 0.6 is 0 Å². The van der Waals surface area contributed by atoms with Gasteiger partial charge in [0.2, 0.25) is 0 Å². The highest BCUT2D eigenvalue weighted by molar-refractivity contribution is 5.39. The number of aromatic nitrogens is 2. The predicted molar refractivity (Wildman–Crippen MR) is 86.1 cm³/mol. The lowest BCUT2D eigenvalue weighted by Gasteiger charge is -2.29. The van der Waals surface area contributed by atoms with Crippen molar-refractivity contribution in [2.24, 2.45) is 11.3 Å². The highest BCUT2D eigenvalue weighted by atomic mass is 15.3. The molecule has 2 rings (SSSR count). The largest absolute Gasteiger partial charge is 0.380 e. The first-order valence-electron chi connectivity index (χ1n) is 8.17. The van der Waals surface area contributed by atoms with E-state index in [1.54, 1.807) is 0 Å². The molecular weight excluding hydrogens is 246 g/mol. The van der Waals surface area contributed by atoms with Crippen LogP contribution in [0.4, 0.5) is 5.69 Å². The number of anilines is 1. The van der Waals surface area contributed by atoms with E-state index < -0.39 is 0 Å². The zero-order chi connectivity index (χ0) is 14.8. The van der Waals surface area contributed by atoms with Crippen molar-refractivity contribution in [3.05, 3.63) is 12.4 Å². The van der Waals surface area contributed by atoms with Crippen molar-refractivity contribution in [3.63, 3.8) is 0 Å². The number of hydrogen-bond donors (Lipinski definition) is 1. The molecule has 2 atom stereocenters. The molecule has 1 aliphatic carbocycles. The molecule has 0 radical (unpaired) electrons. The van der Waals surface area contributed by atoms with E-state index in [0.29, 0.717) is 17.5 Å². The minimum atomic E-state index is 0.435. The van der Waals surface area contributed by atoms with E-state index in [1.807, 2.05) is 10.9 Å². The highest BCUT2D eigenvalue weighted by Gasteiger charge is 2.27. The van der Waals surface area contributed by atoms with Crippen LogP contribution in [0.15, 0.2) is 12.4 Å². The lowest BCUT2D eigenvalue weighted by molar-refractivity contribution is 0.214. The van der Waals surface area contributed by atoms with Crippen LogP contribution in [0.2, 0.25) is 0 Å². The predicted octanol–water partition coefficient (Wildman–Crippen LogP) is 4.87. The summed E-state index contributed by atoms with van der Waals surface area (Å²) in [5.41, 5.74) is 1.63. The number of nitrogens with zero attached hydrogens (tertiary/aromatic N) is 2. The maximum Gasteiger partial charge on any atom is 0.0728 e. The molecular formula is C17H31N3. The van der Waals surface area contributed by atoms with Gasteiger partial charge in [0, 0.05) is 18.3 Å². The van der Waals surface area contributed by atoms with E-state index in [1.165, 1.54) is 37.8 Å². The van der Waals surface area contributed by atoms with Gasteiger partial charge in [0.25, 0.3) is 0 Å². The number of hydrogen-bond acceptors (Lipinski definition) is 2. The third-order valence-electron chi connectivity index (χ3n) is 4.69. The van der Waals surface area contributed by atoms with Crippen LogP contribution in [0, 0.1) is 11.3 Å². The summed E-state index contributed by atoms with van der Waals surface area (Å²) in [6.07, 6.45) is 10.8. The van der Waals surface area contributed by atoms with Gasteiger partial charge in [0.1, 0.15) is 0 Å².